The largest absolute Gasteiger partial charge is 0.490 e. The van der Waals surface area contributed by atoms with Crippen LogP contribution in [0.15, 0.2) is 48.5 Å². The number of aliphatic hydroxyl groups excluding tert-OH is 1. The van der Waals surface area contributed by atoms with Crippen molar-refractivity contribution < 1.29 is 38.6 Å². The average Bonchev–Trinajstić information content (AvgIpc) is 2.85. The summed E-state index contributed by atoms with van der Waals surface area (Å²) < 4.78 is 14.7. The molecule has 0 saturated carbocycles. The molecular formula is C23H27N3O9. The molecule has 0 aliphatic carbocycles. The van der Waals surface area contributed by atoms with Crippen LogP contribution in [0.25, 0.3) is 0 Å². The highest BCUT2D eigenvalue weighted by atomic mass is 16.6. The van der Waals surface area contributed by atoms with Crippen molar-refractivity contribution in [3.8, 4) is 5.75 Å². The Kier molecular flexibility index (Phi) is 10.4. The quantitative estimate of drug-likeness (QED) is 0.227. The van der Waals surface area contributed by atoms with E-state index in [-0.39, 0.29) is 31.0 Å². The van der Waals surface area contributed by atoms with E-state index < -0.39 is 41.5 Å². The number of nitro benzene ring substituents is 1. The first kappa shape index (κ1) is 27.1. The van der Waals surface area contributed by atoms with Crippen LogP contribution in [0.4, 0.5) is 10.5 Å². The molecule has 2 atom stereocenters. The lowest BCUT2D eigenvalue weighted by Gasteiger charge is -2.18. The topological polar surface area (TPSA) is 166 Å². The monoisotopic (exact) mass is 489 g/mol. The third-order valence-corrected chi connectivity index (χ3v) is 4.82. The fourth-order valence-corrected chi connectivity index (χ4v) is 3.09. The minimum absolute atomic E-state index is 0.0492. The predicted molar refractivity (Wildman–Crippen MR) is 123 cm³/mol. The SMILES string of the molecule is COC(=O)[C@H](Cc1ccc(OC)c([N+](=O)[O-])c1)NC(=O)C[C@H](O)CNC(=O)OCc1ccccc1. The van der Waals surface area contributed by atoms with Gasteiger partial charge in [0.1, 0.15) is 12.6 Å². The number of methoxy groups -OCH3 is 2. The number of nitro groups is 1. The normalized spacial score (nSPS) is 12.1. The Morgan fingerprint density at radius 2 is 1.80 bits per heavy atom. The molecule has 12 nitrogen and oxygen atoms in total. The number of ether oxygens (including phenoxy) is 3. The van der Waals surface area contributed by atoms with Crippen molar-refractivity contribution in [3.05, 3.63) is 69.8 Å². The lowest BCUT2D eigenvalue weighted by molar-refractivity contribution is -0.385. The minimum atomic E-state index is -1.25. The van der Waals surface area contributed by atoms with Crippen molar-refractivity contribution in [2.75, 3.05) is 20.8 Å². The molecule has 2 rings (SSSR count). The van der Waals surface area contributed by atoms with E-state index in [4.69, 9.17) is 14.2 Å². The molecule has 2 aromatic rings. The Morgan fingerprint density at radius 1 is 1.09 bits per heavy atom. The van der Waals surface area contributed by atoms with Gasteiger partial charge in [-0.1, -0.05) is 36.4 Å². The second-order valence-corrected chi connectivity index (χ2v) is 7.41. The zero-order valence-corrected chi connectivity index (χ0v) is 19.3. The van der Waals surface area contributed by atoms with Gasteiger partial charge in [0.05, 0.1) is 31.7 Å². The molecule has 2 amide bonds. The van der Waals surface area contributed by atoms with Gasteiger partial charge in [-0.3, -0.25) is 14.9 Å². The van der Waals surface area contributed by atoms with E-state index in [1.165, 1.54) is 25.3 Å². The molecule has 188 valence electrons. The first-order valence-electron chi connectivity index (χ1n) is 10.5. The number of esters is 1. The summed E-state index contributed by atoms with van der Waals surface area (Å²) in [4.78, 5) is 46.9. The summed E-state index contributed by atoms with van der Waals surface area (Å²) in [6, 6.07) is 12.0. The van der Waals surface area contributed by atoms with E-state index in [0.29, 0.717) is 5.56 Å². The summed E-state index contributed by atoms with van der Waals surface area (Å²) in [6.45, 7) is -0.206. The van der Waals surface area contributed by atoms with Crippen LogP contribution in [-0.4, -0.2) is 60.9 Å². The number of hydrogen-bond donors (Lipinski definition) is 3. The van der Waals surface area contributed by atoms with Gasteiger partial charge in [0.2, 0.25) is 5.91 Å². The number of nitrogens with one attached hydrogen (secondary N) is 2. The summed E-state index contributed by atoms with van der Waals surface area (Å²) in [5.41, 5.74) is 0.885. The lowest BCUT2D eigenvalue weighted by Crippen LogP contribution is -2.45. The fraction of sp³-hybridized carbons (Fsp3) is 0.348. The number of amides is 2. The number of benzene rings is 2. The Morgan fingerprint density at radius 3 is 2.43 bits per heavy atom. The Balaban J connectivity index is 1.88. The van der Waals surface area contributed by atoms with Crippen LogP contribution < -0.4 is 15.4 Å². The van der Waals surface area contributed by atoms with Gasteiger partial charge in [-0.15, -0.1) is 0 Å². The van der Waals surface area contributed by atoms with Gasteiger partial charge in [-0.25, -0.2) is 9.59 Å². The number of aliphatic hydroxyl groups is 1. The van der Waals surface area contributed by atoms with Crippen LogP contribution >= 0.6 is 0 Å². The molecule has 0 unspecified atom stereocenters. The van der Waals surface area contributed by atoms with Crippen molar-refractivity contribution in [3.63, 3.8) is 0 Å². The first-order valence-corrected chi connectivity index (χ1v) is 10.5. The molecule has 12 heteroatoms. The Bertz CT molecular complexity index is 1030. The highest BCUT2D eigenvalue weighted by Gasteiger charge is 2.25. The highest BCUT2D eigenvalue weighted by Crippen LogP contribution is 2.28. The van der Waals surface area contributed by atoms with Crippen LogP contribution in [0.5, 0.6) is 5.75 Å². The van der Waals surface area contributed by atoms with E-state index in [0.717, 1.165) is 12.7 Å². The molecule has 2 aromatic carbocycles. The molecule has 0 bridgehead atoms. The van der Waals surface area contributed by atoms with Crippen LogP contribution in [0.1, 0.15) is 17.5 Å². The van der Waals surface area contributed by atoms with Gasteiger partial charge >= 0.3 is 17.7 Å². The maximum absolute atomic E-state index is 12.4. The van der Waals surface area contributed by atoms with Gasteiger partial charge in [0, 0.05) is 19.0 Å². The van der Waals surface area contributed by atoms with Crippen molar-refractivity contribution in [2.24, 2.45) is 0 Å². The molecule has 0 aliphatic rings. The van der Waals surface area contributed by atoms with Crippen LogP contribution in [0.3, 0.4) is 0 Å². The third kappa shape index (κ3) is 8.93. The van der Waals surface area contributed by atoms with Crippen LogP contribution in [0.2, 0.25) is 0 Å². The highest BCUT2D eigenvalue weighted by molar-refractivity contribution is 5.85. The van der Waals surface area contributed by atoms with Crippen molar-refractivity contribution >= 4 is 23.7 Å². The molecule has 0 fully saturated rings. The lowest BCUT2D eigenvalue weighted by atomic mass is 10.0. The molecule has 0 aliphatic heterocycles. The number of alkyl carbamates (subject to hydrolysis) is 1. The fourth-order valence-electron chi connectivity index (χ4n) is 3.09. The number of hydrogen-bond acceptors (Lipinski definition) is 9. The Hall–Kier alpha value is -4.19. The van der Waals surface area contributed by atoms with Crippen LogP contribution in [0, 0.1) is 10.1 Å². The minimum Gasteiger partial charge on any atom is -0.490 e. The summed E-state index contributed by atoms with van der Waals surface area (Å²) in [7, 11) is 2.43. The predicted octanol–water partition coefficient (Wildman–Crippen LogP) is 1.48. The van der Waals surface area contributed by atoms with E-state index in [9.17, 15) is 29.6 Å². The summed E-state index contributed by atoms with van der Waals surface area (Å²) in [5, 5.41) is 26.1. The standard InChI is InChI=1S/C23H27N3O9/c1-33-20-9-8-16(11-19(20)26(31)32)10-18(22(29)34-2)25-21(28)12-17(27)13-24-23(30)35-14-15-6-4-3-5-7-15/h3-9,11,17-18,27H,10,12-14H2,1-2H3,(H,24,30)(H,25,28)/t17-,18-/m0/s1. The summed E-state index contributed by atoms with van der Waals surface area (Å²) in [6.07, 6.45) is -2.53. The van der Waals surface area contributed by atoms with Crippen molar-refractivity contribution in [1.29, 1.82) is 0 Å². The first-order chi connectivity index (χ1) is 16.7. The maximum Gasteiger partial charge on any atom is 0.407 e. The van der Waals surface area contributed by atoms with Gasteiger partial charge < -0.3 is 30.0 Å². The van der Waals surface area contributed by atoms with E-state index >= 15 is 0 Å². The summed E-state index contributed by atoms with van der Waals surface area (Å²) in [5.74, 6) is -1.40. The smallest absolute Gasteiger partial charge is 0.407 e. The molecular weight excluding hydrogens is 462 g/mol. The van der Waals surface area contributed by atoms with Gasteiger partial charge in [-0.05, 0) is 17.2 Å². The van der Waals surface area contributed by atoms with Gasteiger partial charge in [0.15, 0.2) is 5.75 Å². The molecule has 0 saturated heterocycles. The van der Waals surface area contributed by atoms with E-state index in [2.05, 4.69) is 10.6 Å². The number of rotatable bonds is 12. The van der Waals surface area contributed by atoms with Crippen molar-refractivity contribution in [1.82, 2.24) is 10.6 Å². The van der Waals surface area contributed by atoms with E-state index in [1.54, 1.807) is 24.3 Å². The van der Waals surface area contributed by atoms with E-state index in [1.807, 2.05) is 6.07 Å². The third-order valence-electron chi connectivity index (χ3n) is 4.82. The van der Waals surface area contributed by atoms with Crippen LogP contribution in [-0.2, 0) is 32.1 Å². The number of carbonyl (C=O) groups is 3. The second kappa shape index (κ2) is 13.5. The second-order valence-electron chi connectivity index (χ2n) is 7.41. The zero-order chi connectivity index (χ0) is 25.8. The number of nitrogens with zero attached hydrogens (tertiary/aromatic N) is 1. The Labute approximate surface area is 201 Å². The summed E-state index contributed by atoms with van der Waals surface area (Å²) >= 11 is 0. The van der Waals surface area contributed by atoms with Crippen molar-refractivity contribution in [2.45, 2.75) is 31.6 Å². The molecule has 3 N–H and O–H groups in total. The molecule has 35 heavy (non-hydrogen) atoms. The molecule has 0 heterocycles. The molecule has 0 spiro atoms. The van der Waals surface area contributed by atoms with Gasteiger partial charge in [0.25, 0.3) is 0 Å². The maximum atomic E-state index is 12.4. The molecule has 0 radical (unpaired) electrons. The number of carbonyl (C=O) groups excluding carboxylic acids is 3. The average molecular weight is 489 g/mol. The van der Waals surface area contributed by atoms with Gasteiger partial charge in [-0.2, -0.15) is 0 Å². The molecule has 0 aromatic heterocycles. The zero-order valence-electron chi connectivity index (χ0n) is 19.3.